The summed E-state index contributed by atoms with van der Waals surface area (Å²) in [6.45, 7) is 5.00. The molecule has 0 aliphatic heterocycles. The number of hydrogen-bond donors (Lipinski definition) is 6. The normalized spacial score (nSPS) is 14.4. The summed E-state index contributed by atoms with van der Waals surface area (Å²) < 4.78 is 18.1. The van der Waals surface area contributed by atoms with E-state index in [2.05, 4.69) is 36.9 Å². The Morgan fingerprint density at radius 3 is 1.49 bits per heavy atom. The lowest BCUT2D eigenvalue weighted by Gasteiger charge is -2.37. The molecule has 5 aromatic carbocycles. The van der Waals surface area contributed by atoms with Gasteiger partial charge in [0.15, 0.2) is 0 Å². The van der Waals surface area contributed by atoms with Crippen molar-refractivity contribution >= 4 is 47.6 Å². The number of carbonyl (C=O) groups excluding carboxylic acids is 8. The van der Waals surface area contributed by atoms with Crippen LogP contribution in [0.1, 0.15) is 106 Å². The van der Waals surface area contributed by atoms with Gasteiger partial charge in [-0.05, 0) is 80.7 Å². The number of aryl methyl sites for hydroxylation is 1. The first-order chi connectivity index (χ1) is 40.4. The molecule has 7 rings (SSSR count). The highest BCUT2D eigenvalue weighted by molar-refractivity contribution is 5.98. The Kier molecular flexibility index (Phi) is 22.5. The van der Waals surface area contributed by atoms with Gasteiger partial charge in [0.25, 0.3) is 0 Å². The molecule has 19 heteroatoms. The number of esters is 2. The van der Waals surface area contributed by atoms with Gasteiger partial charge in [-0.3, -0.25) is 28.8 Å². The van der Waals surface area contributed by atoms with E-state index in [0.717, 1.165) is 19.3 Å². The lowest BCUT2D eigenvalue weighted by molar-refractivity contribution is -0.151. The molecular formula is C65H76N8O11. The predicted octanol–water partition coefficient (Wildman–Crippen LogP) is 6.61. The van der Waals surface area contributed by atoms with Gasteiger partial charge in [-0.1, -0.05) is 158 Å². The minimum absolute atomic E-state index is 0.00449. The Labute approximate surface area is 490 Å². The van der Waals surface area contributed by atoms with E-state index in [1.54, 1.807) is 93.0 Å². The van der Waals surface area contributed by atoms with Crippen molar-refractivity contribution in [2.75, 3.05) is 7.11 Å². The van der Waals surface area contributed by atoms with Crippen molar-refractivity contribution in [2.45, 2.75) is 139 Å². The van der Waals surface area contributed by atoms with Crippen molar-refractivity contribution in [1.82, 2.24) is 41.5 Å². The number of imidazole rings is 1. The fraction of sp³-hybridized carbons (Fsp3) is 0.369. The molecule has 6 N–H and O–H groups in total. The first kappa shape index (κ1) is 62.5. The third-order valence-electron chi connectivity index (χ3n) is 14.4. The van der Waals surface area contributed by atoms with Crippen LogP contribution in [-0.4, -0.2) is 106 Å². The highest BCUT2D eigenvalue weighted by Crippen LogP contribution is 2.37. The monoisotopic (exact) mass is 1140 g/mol. The first-order valence-corrected chi connectivity index (χ1v) is 28.4. The van der Waals surface area contributed by atoms with Crippen molar-refractivity contribution in [1.29, 1.82) is 0 Å². The SMILES string of the molecule is COC(=O)[C@H](Cc1ccccc1)NC(=O)[C@H](CC(=O)NC(c1ccccc1)(c1ccccc1)c1ccccc1)NC(=O)[C@H](Cc1ccccc1)NC(=O)[C@H](CCC(=O)OC1CCCCC1)NC(=O)[C@H](Cc1cncn1C)NC(=O)OC(C)(C)C. The largest absolute Gasteiger partial charge is 0.467 e. The number of alkyl carbamates (subject to hydrolysis) is 1. The number of nitrogens with one attached hydrogen (secondary N) is 6. The van der Waals surface area contributed by atoms with Gasteiger partial charge in [0.1, 0.15) is 47.5 Å². The highest BCUT2D eigenvalue weighted by atomic mass is 16.6. The van der Waals surface area contributed by atoms with E-state index in [9.17, 15) is 28.8 Å². The molecule has 1 saturated carbocycles. The molecule has 0 saturated heterocycles. The number of carbonyl (C=O) groups is 8. The fourth-order valence-corrected chi connectivity index (χ4v) is 10.2. The Morgan fingerprint density at radius 1 is 0.560 bits per heavy atom. The maximum absolute atomic E-state index is 15.2. The second kappa shape index (κ2) is 30.3. The number of nitrogens with zero attached hydrogens (tertiary/aromatic N) is 2. The molecule has 0 radical (unpaired) electrons. The van der Waals surface area contributed by atoms with Crippen molar-refractivity contribution in [3.05, 3.63) is 198 Å². The topological polar surface area (TPSA) is 254 Å². The zero-order valence-electron chi connectivity index (χ0n) is 48.2. The third-order valence-corrected chi connectivity index (χ3v) is 14.4. The molecular weight excluding hydrogens is 1070 g/mol. The number of rotatable bonds is 26. The predicted molar refractivity (Wildman–Crippen MR) is 314 cm³/mol. The van der Waals surface area contributed by atoms with Gasteiger partial charge in [0.2, 0.25) is 29.5 Å². The van der Waals surface area contributed by atoms with Gasteiger partial charge >= 0.3 is 18.0 Å². The molecule has 5 atom stereocenters. The van der Waals surface area contributed by atoms with E-state index < -0.39 is 95.3 Å². The lowest BCUT2D eigenvalue weighted by atomic mass is 9.77. The summed E-state index contributed by atoms with van der Waals surface area (Å²) in [7, 11) is 2.90. The molecule has 6 aromatic rings. The van der Waals surface area contributed by atoms with E-state index in [1.807, 2.05) is 91.0 Å². The fourth-order valence-electron chi connectivity index (χ4n) is 10.2. The zero-order valence-corrected chi connectivity index (χ0v) is 48.2. The molecule has 0 spiro atoms. The van der Waals surface area contributed by atoms with E-state index in [1.165, 1.54) is 19.6 Å². The average Bonchev–Trinajstić information content (AvgIpc) is 1.12. The van der Waals surface area contributed by atoms with Gasteiger partial charge in [0, 0.05) is 44.6 Å². The van der Waals surface area contributed by atoms with Crippen LogP contribution in [0.4, 0.5) is 4.79 Å². The van der Waals surface area contributed by atoms with Crippen LogP contribution in [0.25, 0.3) is 0 Å². The van der Waals surface area contributed by atoms with Gasteiger partial charge in [-0.15, -0.1) is 0 Å². The highest BCUT2D eigenvalue weighted by Gasteiger charge is 2.40. The van der Waals surface area contributed by atoms with E-state index in [4.69, 9.17) is 14.2 Å². The minimum Gasteiger partial charge on any atom is -0.467 e. The average molecular weight is 1150 g/mol. The number of hydrogen-bond acceptors (Lipinski definition) is 12. The molecule has 19 nitrogen and oxygen atoms in total. The van der Waals surface area contributed by atoms with Crippen LogP contribution in [0.5, 0.6) is 0 Å². The van der Waals surface area contributed by atoms with Gasteiger partial charge in [0.05, 0.1) is 19.9 Å². The van der Waals surface area contributed by atoms with E-state index in [-0.39, 0.29) is 38.2 Å². The Bertz CT molecular complexity index is 3040. The number of benzene rings is 5. The third kappa shape index (κ3) is 18.2. The quantitative estimate of drug-likeness (QED) is 0.0191. The molecule has 1 aromatic heterocycles. The van der Waals surface area contributed by atoms with Crippen LogP contribution >= 0.6 is 0 Å². The van der Waals surface area contributed by atoms with Crippen LogP contribution in [-0.2, 0) is 79.6 Å². The molecule has 0 bridgehead atoms. The molecule has 6 amide bonds. The van der Waals surface area contributed by atoms with Crippen molar-refractivity contribution in [3.63, 3.8) is 0 Å². The number of ether oxygens (including phenoxy) is 3. The van der Waals surface area contributed by atoms with E-state index >= 15 is 9.59 Å². The van der Waals surface area contributed by atoms with Crippen LogP contribution in [0.3, 0.4) is 0 Å². The summed E-state index contributed by atoms with van der Waals surface area (Å²) >= 11 is 0. The number of amides is 6. The minimum atomic E-state index is -1.70. The van der Waals surface area contributed by atoms with Crippen LogP contribution in [0, 0.1) is 0 Å². The summed E-state index contributed by atoms with van der Waals surface area (Å²) in [6.07, 6.45) is 4.53. The maximum Gasteiger partial charge on any atom is 0.408 e. The van der Waals surface area contributed by atoms with Gasteiger partial charge in [-0.25, -0.2) is 14.6 Å². The second-order valence-corrected chi connectivity index (χ2v) is 21.9. The van der Waals surface area contributed by atoms with E-state index in [0.29, 0.717) is 46.4 Å². The number of aromatic nitrogens is 2. The summed E-state index contributed by atoms with van der Waals surface area (Å²) in [5, 5.41) is 16.9. The molecule has 1 fully saturated rings. The van der Waals surface area contributed by atoms with Crippen LogP contribution < -0.4 is 31.9 Å². The van der Waals surface area contributed by atoms with Crippen LogP contribution in [0.15, 0.2) is 164 Å². The summed E-state index contributed by atoms with van der Waals surface area (Å²) in [5.74, 6) is -5.61. The Hall–Kier alpha value is -9.13. The number of methoxy groups -OCH3 is 1. The first-order valence-electron chi connectivity index (χ1n) is 28.4. The molecule has 84 heavy (non-hydrogen) atoms. The lowest BCUT2D eigenvalue weighted by Crippen LogP contribution is -2.60. The van der Waals surface area contributed by atoms with Gasteiger partial charge in [-0.2, -0.15) is 0 Å². The molecule has 1 aliphatic rings. The summed E-state index contributed by atoms with van der Waals surface area (Å²) in [6, 6.07) is 38.2. The molecule has 1 heterocycles. The standard InChI is InChI=1S/C65H76N8O11/c1-64(2,3)84-63(81)71-53(40-49-42-66-43-73(49)4)60(78)67-51(36-37-57(75)83-50-34-22-11-23-35-50)58(76)68-52(38-44-24-12-6-13-25-44)59(77)69-54(61(79)70-55(62(80)82-5)39-45-26-14-7-15-27-45)41-56(74)72-65(46-28-16-8-17-29-46,47-30-18-9-19-31-47)48-32-20-10-21-33-48/h6-10,12-21,24-33,42-43,50-55H,11,22-23,34-41H2,1-5H3,(H,67,78)(H,68,76)(H,69,77)(H,70,79)(H,71,81)(H,72,74)/t51-,52-,53-,54-,55-/m0/s1. The van der Waals surface area contributed by atoms with Crippen molar-refractivity contribution in [3.8, 4) is 0 Å². The Morgan fingerprint density at radius 2 is 1.00 bits per heavy atom. The maximum atomic E-state index is 15.2. The van der Waals surface area contributed by atoms with Crippen LogP contribution in [0.2, 0.25) is 0 Å². The molecule has 442 valence electrons. The smallest absolute Gasteiger partial charge is 0.408 e. The summed E-state index contributed by atoms with van der Waals surface area (Å²) in [4.78, 5) is 119. The van der Waals surface area contributed by atoms with Crippen molar-refractivity contribution < 1.29 is 52.6 Å². The van der Waals surface area contributed by atoms with Crippen molar-refractivity contribution in [2.24, 2.45) is 7.05 Å². The molecule has 1 aliphatic carbocycles. The second-order valence-electron chi connectivity index (χ2n) is 21.9. The van der Waals surface area contributed by atoms with Gasteiger partial charge < -0.3 is 50.7 Å². The Balaban J connectivity index is 1.23. The summed E-state index contributed by atoms with van der Waals surface area (Å²) in [5.41, 5.74) is 1.62. The zero-order chi connectivity index (χ0) is 60.1. The molecule has 0 unspecified atom stereocenters.